The molecule has 1 saturated heterocycles. The van der Waals surface area contributed by atoms with E-state index in [4.69, 9.17) is 14.6 Å². The fourth-order valence-corrected chi connectivity index (χ4v) is 4.70. The number of sulfone groups is 1. The molecule has 6 nitrogen and oxygen atoms in total. The van der Waals surface area contributed by atoms with Crippen LogP contribution in [-0.2, 0) is 21.2 Å². The lowest BCUT2D eigenvalue weighted by Gasteiger charge is -2.32. The minimum absolute atomic E-state index is 0.304. The van der Waals surface area contributed by atoms with E-state index in [1.807, 2.05) is 24.3 Å². The Kier molecular flexibility index (Phi) is 10.3. The topological polar surface area (TPSA) is 83.9 Å². The molecule has 216 valence electrons. The molecular weight excluding hydrogens is 557 g/mol. The number of likely N-dealkylation sites (tertiary alicyclic amines) is 1. The maximum atomic E-state index is 13.9. The first-order valence-corrected chi connectivity index (χ1v) is 14.1. The van der Waals surface area contributed by atoms with Crippen molar-refractivity contribution in [3.8, 4) is 16.9 Å². The number of rotatable bonds is 7. The summed E-state index contributed by atoms with van der Waals surface area (Å²) < 4.78 is 88.2. The molecule has 12 heteroatoms. The van der Waals surface area contributed by atoms with Gasteiger partial charge in [-0.05, 0) is 85.4 Å². The van der Waals surface area contributed by atoms with Crippen molar-refractivity contribution in [1.29, 1.82) is 0 Å². The second-order valence-corrected chi connectivity index (χ2v) is 11.4. The van der Waals surface area contributed by atoms with Gasteiger partial charge in [0.05, 0.1) is 11.5 Å². The van der Waals surface area contributed by atoms with Crippen molar-refractivity contribution in [2.75, 3.05) is 26.0 Å². The van der Waals surface area contributed by atoms with Crippen molar-refractivity contribution < 1.29 is 45.0 Å². The molecule has 3 aromatic rings. The zero-order valence-corrected chi connectivity index (χ0v) is 22.3. The fraction of sp³-hybridized carbons (Fsp3) is 0.321. The van der Waals surface area contributed by atoms with Crippen LogP contribution in [0.4, 0.5) is 22.0 Å². The first-order valence-electron chi connectivity index (χ1n) is 12.2. The van der Waals surface area contributed by atoms with E-state index in [1.165, 1.54) is 18.4 Å². The molecule has 1 heterocycles. The number of hydrogen-bond donors (Lipinski definition) is 1. The van der Waals surface area contributed by atoms with Crippen LogP contribution in [0, 0.1) is 17.6 Å². The van der Waals surface area contributed by atoms with Crippen molar-refractivity contribution in [1.82, 2.24) is 4.90 Å². The van der Waals surface area contributed by atoms with Gasteiger partial charge in [0, 0.05) is 18.4 Å². The third-order valence-electron chi connectivity index (χ3n) is 6.31. The SMILES string of the molecule is CS(=O)(=O)c1ccc(-c2ccc(OCC3CCN(Cc4cc(F)ccc4F)CC3)cc2)cc1.O=C(O)C(F)(F)F. The van der Waals surface area contributed by atoms with E-state index in [1.54, 1.807) is 24.3 Å². The van der Waals surface area contributed by atoms with Gasteiger partial charge < -0.3 is 9.84 Å². The number of hydrogen-bond acceptors (Lipinski definition) is 5. The van der Waals surface area contributed by atoms with Crippen LogP contribution >= 0.6 is 0 Å². The van der Waals surface area contributed by atoms with Crippen LogP contribution in [0.2, 0.25) is 0 Å². The van der Waals surface area contributed by atoms with E-state index in [0.29, 0.717) is 29.5 Å². The van der Waals surface area contributed by atoms with Gasteiger partial charge in [-0.2, -0.15) is 13.2 Å². The highest BCUT2D eigenvalue weighted by Crippen LogP contribution is 2.26. The van der Waals surface area contributed by atoms with Gasteiger partial charge >= 0.3 is 12.1 Å². The number of piperidine rings is 1. The third kappa shape index (κ3) is 9.30. The Morgan fingerprint density at radius 3 is 1.98 bits per heavy atom. The summed E-state index contributed by atoms with van der Waals surface area (Å²) in [6.45, 7) is 2.69. The summed E-state index contributed by atoms with van der Waals surface area (Å²) in [6, 6.07) is 18.2. The molecule has 0 aliphatic carbocycles. The van der Waals surface area contributed by atoms with Gasteiger partial charge in [-0.15, -0.1) is 0 Å². The van der Waals surface area contributed by atoms with E-state index < -0.39 is 27.8 Å². The molecule has 1 aliphatic rings. The number of halogens is 5. The highest BCUT2D eigenvalue weighted by Gasteiger charge is 2.38. The molecule has 1 fully saturated rings. The van der Waals surface area contributed by atoms with Gasteiger partial charge in [-0.3, -0.25) is 4.90 Å². The van der Waals surface area contributed by atoms with E-state index in [0.717, 1.165) is 48.9 Å². The molecule has 0 aromatic heterocycles. The molecule has 4 rings (SSSR count). The smallest absolute Gasteiger partial charge is 0.490 e. The number of carboxylic acids is 1. The molecule has 40 heavy (non-hydrogen) atoms. The molecule has 3 aromatic carbocycles. The van der Waals surface area contributed by atoms with Crippen LogP contribution in [0.3, 0.4) is 0 Å². The van der Waals surface area contributed by atoms with Crippen LogP contribution in [-0.4, -0.2) is 56.5 Å². The lowest BCUT2D eigenvalue weighted by Crippen LogP contribution is -2.35. The number of nitrogens with zero attached hydrogens (tertiary/aromatic N) is 1. The lowest BCUT2D eigenvalue weighted by atomic mass is 9.97. The maximum Gasteiger partial charge on any atom is 0.490 e. The Balaban J connectivity index is 0.000000559. The fourth-order valence-electron chi connectivity index (χ4n) is 4.07. The third-order valence-corrected chi connectivity index (χ3v) is 7.44. The molecular formula is C28H28F5NO5S. The average molecular weight is 586 g/mol. The molecule has 1 N–H and O–H groups in total. The molecule has 0 saturated carbocycles. The molecule has 1 aliphatic heterocycles. The van der Waals surface area contributed by atoms with Gasteiger partial charge in [0.1, 0.15) is 17.4 Å². The van der Waals surface area contributed by atoms with Crippen molar-refractivity contribution in [2.24, 2.45) is 5.92 Å². The number of benzene rings is 3. The summed E-state index contributed by atoms with van der Waals surface area (Å²) in [4.78, 5) is 11.4. The quantitative estimate of drug-likeness (QED) is 0.345. The predicted octanol–water partition coefficient (Wildman–Crippen LogP) is 5.96. The highest BCUT2D eigenvalue weighted by atomic mass is 32.2. The van der Waals surface area contributed by atoms with Gasteiger partial charge in [0.15, 0.2) is 9.84 Å². The largest absolute Gasteiger partial charge is 0.493 e. The van der Waals surface area contributed by atoms with Gasteiger partial charge in [0.25, 0.3) is 0 Å². The van der Waals surface area contributed by atoms with Crippen LogP contribution in [0.5, 0.6) is 5.75 Å². The summed E-state index contributed by atoms with van der Waals surface area (Å²) >= 11 is 0. The Morgan fingerprint density at radius 1 is 0.950 bits per heavy atom. The number of alkyl halides is 3. The van der Waals surface area contributed by atoms with E-state index in [-0.39, 0.29) is 5.82 Å². The van der Waals surface area contributed by atoms with Gasteiger partial charge in [0.2, 0.25) is 0 Å². The van der Waals surface area contributed by atoms with Crippen LogP contribution in [0.15, 0.2) is 71.6 Å². The van der Waals surface area contributed by atoms with Crippen molar-refractivity contribution in [3.05, 3.63) is 83.9 Å². The highest BCUT2D eigenvalue weighted by molar-refractivity contribution is 7.90. The number of aliphatic carboxylic acids is 1. The Hall–Kier alpha value is -3.51. The second kappa shape index (κ2) is 13.2. The summed E-state index contributed by atoms with van der Waals surface area (Å²) in [6.07, 6.45) is -1.99. The predicted molar refractivity (Wildman–Crippen MR) is 139 cm³/mol. The first-order chi connectivity index (χ1) is 18.7. The Labute approximate surface area is 228 Å². The normalized spacial score (nSPS) is 14.8. The number of ether oxygens (including phenoxy) is 1. The van der Waals surface area contributed by atoms with Gasteiger partial charge in [-0.25, -0.2) is 22.0 Å². The Bertz CT molecular complexity index is 1390. The van der Waals surface area contributed by atoms with Crippen LogP contribution in [0.1, 0.15) is 18.4 Å². The minimum atomic E-state index is -5.08. The standard InChI is InChI=1S/C26H27F2NO3S.C2HF3O2/c1-33(30,31)25-9-4-21(5-10-25)20-2-7-24(8-3-20)32-18-19-12-14-29(15-13-19)17-22-16-23(27)6-11-26(22)28;3-2(4,5)1(6)7/h2-11,16,19H,12-15,17-18H2,1H3;(H,6,7). The zero-order valence-electron chi connectivity index (χ0n) is 21.5. The summed E-state index contributed by atoms with van der Waals surface area (Å²) in [7, 11) is -3.20. The maximum absolute atomic E-state index is 13.9. The first kappa shape index (κ1) is 31.0. The summed E-state index contributed by atoms with van der Waals surface area (Å²) in [5, 5.41) is 7.12. The van der Waals surface area contributed by atoms with Crippen LogP contribution < -0.4 is 4.74 Å². The molecule has 0 radical (unpaired) electrons. The van der Waals surface area contributed by atoms with E-state index in [2.05, 4.69) is 4.90 Å². The Morgan fingerprint density at radius 2 is 1.48 bits per heavy atom. The molecule has 0 atom stereocenters. The zero-order chi connectivity index (χ0) is 29.5. The number of carbonyl (C=O) groups is 1. The van der Waals surface area contributed by atoms with Crippen molar-refractivity contribution in [2.45, 2.75) is 30.5 Å². The van der Waals surface area contributed by atoms with Crippen molar-refractivity contribution >= 4 is 15.8 Å². The summed E-state index contributed by atoms with van der Waals surface area (Å²) in [5.74, 6) is -2.33. The van der Waals surface area contributed by atoms with Gasteiger partial charge in [-0.1, -0.05) is 24.3 Å². The van der Waals surface area contributed by atoms with E-state index >= 15 is 0 Å². The molecule has 0 spiro atoms. The molecule has 0 unspecified atom stereocenters. The monoisotopic (exact) mass is 585 g/mol. The van der Waals surface area contributed by atoms with Crippen LogP contribution in [0.25, 0.3) is 11.1 Å². The molecule has 0 bridgehead atoms. The molecule has 0 amide bonds. The average Bonchev–Trinajstić information content (AvgIpc) is 2.90. The summed E-state index contributed by atoms with van der Waals surface area (Å²) in [5.41, 5.74) is 2.33. The number of carboxylic acid groups (broad SMARTS) is 1. The van der Waals surface area contributed by atoms with E-state index in [9.17, 15) is 30.4 Å². The lowest BCUT2D eigenvalue weighted by molar-refractivity contribution is -0.192. The second-order valence-electron chi connectivity index (χ2n) is 9.39. The minimum Gasteiger partial charge on any atom is -0.493 e. The van der Waals surface area contributed by atoms with Crippen molar-refractivity contribution in [3.63, 3.8) is 0 Å².